The Morgan fingerprint density at radius 1 is 1.41 bits per heavy atom. The molecule has 0 aliphatic rings. The van der Waals surface area contributed by atoms with E-state index >= 15 is 0 Å². The number of benzene rings is 1. The number of halogens is 2. The fraction of sp³-hybridized carbons (Fsp3) is 0.182. The molecule has 0 atom stereocenters. The number of nitrogens with two attached hydrogens (primary N) is 1. The largest absolute Gasteiger partial charge is 0.454 e. The van der Waals surface area contributed by atoms with Crippen LogP contribution in [0.2, 0.25) is 0 Å². The molecule has 0 aliphatic carbocycles. The van der Waals surface area contributed by atoms with Crippen LogP contribution in [-0.4, -0.2) is 13.0 Å². The van der Waals surface area contributed by atoms with Crippen molar-refractivity contribution in [3.05, 3.63) is 30.0 Å². The van der Waals surface area contributed by atoms with Gasteiger partial charge in [-0.1, -0.05) is 0 Å². The Labute approximate surface area is 95.4 Å². The molecule has 1 aromatic heterocycles. The molecule has 2 aromatic rings. The first kappa shape index (κ1) is 11.4. The molecule has 1 amide bonds. The highest BCUT2D eigenvalue weighted by Gasteiger charge is 2.43. The number of amides is 1. The molecule has 0 saturated carbocycles. The van der Waals surface area contributed by atoms with Gasteiger partial charge in [-0.15, -0.1) is 0 Å². The maximum Gasteiger partial charge on any atom is 0.380 e. The lowest BCUT2D eigenvalue weighted by molar-refractivity contribution is -0.148. The molecule has 2 rings (SSSR count). The van der Waals surface area contributed by atoms with Gasteiger partial charge < -0.3 is 15.5 Å². The summed E-state index contributed by atoms with van der Waals surface area (Å²) in [6.45, 7) is 0. The molecule has 6 heteroatoms. The highest BCUT2D eigenvalue weighted by Crippen LogP contribution is 2.33. The van der Waals surface area contributed by atoms with E-state index in [0.29, 0.717) is 11.1 Å². The number of carbonyl (C=O) groups is 1. The minimum atomic E-state index is -3.69. The van der Waals surface area contributed by atoms with Crippen molar-refractivity contribution in [1.29, 1.82) is 0 Å². The second kappa shape index (κ2) is 3.73. The summed E-state index contributed by atoms with van der Waals surface area (Å²) in [5.41, 5.74) is 6.22. The summed E-state index contributed by atoms with van der Waals surface area (Å²) >= 11 is 0. The minimum Gasteiger partial charge on any atom is -0.454 e. The normalized spacial score (nSPS) is 11.7. The minimum absolute atomic E-state index is 0.262. The average molecular weight is 240 g/mol. The maximum absolute atomic E-state index is 13.6. The number of nitrogen functional groups attached to an aromatic ring is 1. The number of furan rings is 1. The van der Waals surface area contributed by atoms with Crippen molar-refractivity contribution in [2.75, 3.05) is 12.8 Å². The summed E-state index contributed by atoms with van der Waals surface area (Å²) in [6.07, 6.45) is 0. The van der Waals surface area contributed by atoms with Gasteiger partial charge in [-0.05, 0) is 24.3 Å². The molecule has 1 aromatic carbocycles. The Bertz CT molecular complexity index is 578. The van der Waals surface area contributed by atoms with Crippen molar-refractivity contribution in [3.8, 4) is 0 Å². The summed E-state index contributed by atoms with van der Waals surface area (Å²) in [4.78, 5) is 11.0. The van der Waals surface area contributed by atoms with Gasteiger partial charge in [-0.25, -0.2) is 0 Å². The van der Waals surface area contributed by atoms with Crippen molar-refractivity contribution in [3.63, 3.8) is 0 Å². The molecule has 0 fully saturated rings. The van der Waals surface area contributed by atoms with Gasteiger partial charge in [0.2, 0.25) is 0 Å². The van der Waals surface area contributed by atoms with E-state index in [2.05, 4.69) is 0 Å². The van der Waals surface area contributed by atoms with Crippen molar-refractivity contribution in [2.45, 2.75) is 5.92 Å². The Morgan fingerprint density at radius 3 is 2.76 bits per heavy atom. The van der Waals surface area contributed by atoms with Gasteiger partial charge in [0.25, 0.3) is 5.91 Å². The molecule has 0 aliphatic heterocycles. The molecule has 17 heavy (non-hydrogen) atoms. The van der Waals surface area contributed by atoms with Crippen molar-refractivity contribution >= 4 is 22.6 Å². The number of rotatable bonds is 2. The predicted octanol–water partition coefficient (Wildman–Crippen LogP) is 1.85. The molecule has 1 heterocycles. The van der Waals surface area contributed by atoms with E-state index in [9.17, 15) is 13.6 Å². The molecule has 4 nitrogen and oxygen atoms in total. The molecule has 0 saturated heterocycles. The van der Waals surface area contributed by atoms with Crippen LogP contribution in [0.5, 0.6) is 0 Å². The number of alkyl halides is 2. The fourth-order valence-corrected chi connectivity index (χ4v) is 1.49. The summed E-state index contributed by atoms with van der Waals surface area (Å²) in [7, 11) is 1.14. The fourth-order valence-electron chi connectivity index (χ4n) is 1.49. The third-order valence-corrected chi connectivity index (χ3v) is 2.36. The van der Waals surface area contributed by atoms with Gasteiger partial charge in [-0.2, -0.15) is 8.78 Å². The van der Waals surface area contributed by atoms with Crippen LogP contribution in [0.25, 0.3) is 11.0 Å². The lowest BCUT2D eigenvalue weighted by Gasteiger charge is -2.10. The van der Waals surface area contributed by atoms with E-state index in [-0.39, 0.29) is 5.58 Å². The highest BCUT2D eigenvalue weighted by atomic mass is 19.3. The summed E-state index contributed by atoms with van der Waals surface area (Å²) in [5.74, 6) is -5.80. The highest BCUT2D eigenvalue weighted by molar-refractivity contribution is 5.87. The topological polar surface area (TPSA) is 68.3 Å². The van der Waals surface area contributed by atoms with Gasteiger partial charge in [0.1, 0.15) is 5.58 Å². The van der Waals surface area contributed by atoms with E-state index < -0.39 is 17.6 Å². The number of anilines is 1. The van der Waals surface area contributed by atoms with Crippen LogP contribution in [0.15, 0.2) is 28.7 Å². The molecule has 0 radical (unpaired) electrons. The third kappa shape index (κ3) is 1.82. The number of nitrogens with one attached hydrogen (secondary N) is 1. The number of hydrogen-bond acceptors (Lipinski definition) is 3. The van der Waals surface area contributed by atoms with Gasteiger partial charge in [0, 0.05) is 18.1 Å². The van der Waals surface area contributed by atoms with E-state index in [1.165, 1.54) is 18.2 Å². The van der Waals surface area contributed by atoms with Crippen LogP contribution in [0.1, 0.15) is 5.76 Å². The average Bonchev–Trinajstić information content (AvgIpc) is 2.71. The lowest BCUT2D eigenvalue weighted by atomic mass is 10.2. The van der Waals surface area contributed by atoms with E-state index in [4.69, 9.17) is 10.2 Å². The second-order valence-corrected chi connectivity index (χ2v) is 3.56. The number of carbonyl (C=O) groups excluding carboxylic acids is 1. The molecular weight excluding hydrogens is 230 g/mol. The van der Waals surface area contributed by atoms with Crippen LogP contribution in [0.3, 0.4) is 0 Å². The van der Waals surface area contributed by atoms with E-state index in [0.717, 1.165) is 13.1 Å². The SMILES string of the molecule is CNC(=O)C(F)(F)c1cc2cc(N)ccc2o1. The van der Waals surface area contributed by atoms with Crippen LogP contribution >= 0.6 is 0 Å². The molecule has 3 N–H and O–H groups in total. The van der Waals surface area contributed by atoms with Crippen molar-refractivity contribution in [1.82, 2.24) is 5.32 Å². The van der Waals surface area contributed by atoms with Crippen LogP contribution in [-0.2, 0) is 10.7 Å². The van der Waals surface area contributed by atoms with E-state index in [1.54, 1.807) is 0 Å². The monoisotopic (exact) mass is 240 g/mol. The van der Waals surface area contributed by atoms with Gasteiger partial charge >= 0.3 is 5.92 Å². The van der Waals surface area contributed by atoms with Crippen LogP contribution in [0.4, 0.5) is 14.5 Å². The predicted molar refractivity (Wildman–Crippen MR) is 58.6 cm³/mol. The first-order chi connectivity index (χ1) is 7.95. The Hall–Kier alpha value is -2.11. The first-order valence-electron chi connectivity index (χ1n) is 4.84. The smallest absolute Gasteiger partial charge is 0.380 e. The maximum atomic E-state index is 13.6. The van der Waals surface area contributed by atoms with Gasteiger partial charge in [0.05, 0.1) is 0 Å². The zero-order valence-electron chi connectivity index (χ0n) is 8.96. The number of likely N-dealkylation sites (N-methyl/N-ethyl adjacent to an activating group) is 1. The molecule has 0 spiro atoms. The Morgan fingerprint density at radius 2 is 2.12 bits per heavy atom. The number of fused-ring (bicyclic) bond motifs is 1. The Balaban J connectivity index is 2.53. The number of hydrogen-bond donors (Lipinski definition) is 2. The quantitative estimate of drug-likeness (QED) is 0.787. The molecule has 90 valence electrons. The standard InChI is InChI=1S/C11H10F2N2O2/c1-15-10(16)11(12,13)9-5-6-4-7(14)2-3-8(6)17-9/h2-5H,14H2,1H3,(H,15,16). The lowest BCUT2D eigenvalue weighted by Crippen LogP contribution is -2.35. The molecule has 0 bridgehead atoms. The third-order valence-electron chi connectivity index (χ3n) is 2.36. The van der Waals surface area contributed by atoms with Crippen molar-refractivity contribution < 1.29 is 18.0 Å². The summed E-state index contributed by atoms with van der Waals surface area (Å²) in [5, 5.41) is 2.32. The summed E-state index contributed by atoms with van der Waals surface area (Å²) in [6, 6.07) is 5.63. The zero-order valence-corrected chi connectivity index (χ0v) is 8.96. The van der Waals surface area contributed by atoms with Gasteiger partial charge in [0.15, 0.2) is 5.76 Å². The Kier molecular flexibility index (Phi) is 2.49. The summed E-state index contributed by atoms with van der Waals surface area (Å²) < 4.78 is 32.0. The molecule has 0 unspecified atom stereocenters. The molecular formula is C11H10F2N2O2. The van der Waals surface area contributed by atoms with Crippen LogP contribution < -0.4 is 11.1 Å². The van der Waals surface area contributed by atoms with Crippen molar-refractivity contribution in [2.24, 2.45) is 0 Å². The van der Waals surface area contributed by atoms with Crippen LogP contribution in [0, 0.1) is 0 Å². The van der Waals surface area contributed by atoms with Gasteiger partial charge in [-0.3, -0.25) is 4.79 Å². The zero-order chi connectivity index (χ0) is 12.6. The van der Waals surface area contributed by atoms with E-state index in [1.807, 2.05) is 5.32 Å². The second-order valence-electron chi connectivity index (χ2n) is 3.56. The first-order valence-corrected chi connectivity index (χ1v) is 4.84.